The van der Waals surface area contributed by atoms with Gasteiger partial charge in [-0.1, -0.05) is 26.3 Å². The molecule has 0 aliphatic carbocycles. The summed E-state index contributed by atoms with van der Waals surface area (Å²) in [6, 6.07) is 4.35. The minimum atomic E-state index is 1.10. The number of unbranched alkanes of at least 4 members (excludes halogenated alkanes) is 1. The number of thiophene rings is 1. The van der Waals surface area contributed by atoms with E-state index in [-0.39, 0.29) is 0 Å². The van der Waals surface area contributed by atoms with Crippen molar-refractivity contribution in [1.82, 2.24) is 10.2 Å². The first-order valence-electron chi connectivity index (χ1n) is 6.32. The van der Waals surface area contributed by atoms with Gasteiger partial charge in [-0.3, -0.25) is 4.90 Å². The van der Waals surface area contributed by atoms with Gasteiger partial charge in [0.2, 0.25) is 0 Å². The van der Waals surface area contributed by atoms with Crippen LogP contribution in [0.3, 0.4) is 0 Å². The third-order valence-electron chi connectivity index (χ3n) is 2.72. The van der Waals surface area contributed by atoms with Gasteiger partial charge in [-0.2, -0.15) is 0 Å². The van der Waals surface area contributed by atoms with Crippen LogP contribution in [-0.2, 0) is 6.54 Å². The average Bonchev–Trinajstić information content (AvgIpc) is 2.80. The Morgan fingerprint density at radius 2 is 2.19 bits per heavy atom. The van der Waals surface area contributed by atoms with Gasteiger partial charge in [0.15, 0.2) is 0 Å². The van der Waals surface area contributed by atoms with Crippen molar-refractivity contribution in [2.75, 3.05) is 26.2 Å². The first kappa shape index (κ1) is 13.7. The largest absolute Gasteiger partial charge is 0.315 e. The van der Waals surface area contributed by atoms with Crippen LogP contribution in [0.15, 0.2) is 17.5 Å². The Balaban J connectivity index is 2.12. The highest BCUT2D eigenvalue weighted by Crippen LogP contribution is 2.11. The van der Waals surface area contributed by atoms with Crippen LogP contribution in [-0.4, -0.2) is 31.1 Å². The van der Waals surface area contributed by atoms with E-state index in [1.807, 2.05) is 11.3 Å². The summed E-state index contributed by atoms with van der Waals surface area (Å²) in [5.74, 6) is 0. The molecule has 2 nitrogen and oxygen atoms in total. The molecule has 0 fully saturated rings. The zero-order valence-corrected chi connectivity index (χ0v) is 11.4. The van der Waals surface area contributed by atoms with Gasteiger partial charge in [0.25, 0.3) is 0 Å². The maximum Gasteiger partial charge on any atom is 0.0328 e. The fourth-order valence-corrected chi connectivity index (χ4v) is 2.38. The van der Waals surface area contributed by atoms with Crippen LogP contribution in [0.5, 0.6) is 0 Å². The third-order valence-corrected chi connectivity index (χ3v) is 3.58. The summed E-state index contributed by atoms with van der Waals surface area (Å²) in [5.41, 5.74) is 0. The molecule has 0 spiro atoms. The lowest BCUT2D eigenvalue weighted by Crippen LogP contribution is -2.31. The Morgan fingerprint density at radius 3 is 2.81 bits per heavy atom. The van der Waals surface area contributed by atoms with Gasteiger partial charge in [0, 0.05) is 24.5 Å². The molecule has 0 aromatic carbocycles. The first-order chi connectivity index (χ1) is 7.86. The molecule has 1 rings (SSSR count). The molecule has 0 amide bonds. The monoisotopic (exact) mass is 240 g/mol. The van der Waals surface area contributed by atoms with Crippen molar-refractivity contribution >= 4 is 11.3 Å². The van der Waals surface area contributed by atoms with Crippen molar-refractivity contribution in [3.8, 4) is 0 Å². The van der Waals surface area contributed by atoms with Gasteiger partial charge in [-0.25, -0.2) is 0 Å². The zero-order chi connectivity index (χ0) is 11.6. The molecular formula is C13H24N2S. The van der Waals surface area contributed by atoms with Gasteiger partial charge >= 0.3 is 0 Å². The van der Waals surface area contributed by atoms with Crippen molar-refractivity contribution < 1.29 is 0 Å². The average molecular weight is 240 g/mol. The van der Waals surface area contributed by atoms with E-state index in [0.717, 1.165) is 32.7 Å². The standard InChI is InChI=1S/C13H24N2S/c1-3-5-8-14-9-10-15(4-2)12-13-7-6-11-16-13/h6-7,11,14H,3-5,8-10,12H2,1-2H3. The Hall–Kier alpha value is -0.380. The maximum absolute atomic E-state index is 3.49. The molecule has 16 heavy (non-hydrogen) atoms. The van der Waals surface area contributed by atoms with Crippen LogP contribution in [0.25, 0.3) is 0 Å². The molecule has 0 aliphatic heterocycles. The van der Waals surface area contributed by atoms with Gasteiger partial charge in [0.05, 0.1) is 0 Å². The van der Waals surface area contributed by atoms with Crippen LogP contribution in [0, 0.1) is 0 Å². The van der Waals surface area contributed by atoms with E-state index >= 15 is 0 Å². The lowest BCUT2D eigenvalue weighted by Gasteiger charge is -2.19. The Labute approximate surface area is 104 Å². The van der Waals surface area contributed by atoms with E-state index in [0.29, 0.717) is 0 Å². The van der Waals surface area contributed by atoms with E-state index < -0.39 is 0 Å². The fourth-order valence-electron chi connectivity index (χ4n) is 1.64. The van der Waals surface area contributed by atoms with Crippen molar-refractivity contribution in [2.24, 2.45) is 0 Å². The van der Waals surface area contributed by atoms with E-state index in [4.69, 9.17) is 0 Å². The quantitative estimate of drug-likeness (QED) is 0.668. The number of likely N-dealkylation sites (N-methyl/N-ethyl adjacent to an activating group) is 1. The highest BCUT2D eigenvalue weighted by atomic mass is 32.1. The maximum atomic E-state index is 3.49. The number of nitrogens with zero attached hydrogens (tertiary/aromatic N) is 1. The lowest BCUT2D eigenvalue weighted by molar-refractivity contribution is 0.281. The highest BCUT2D eigenvalue weighted by molar-refractivity contribution is 7.09. The molecule has 3 heteroatoms. The fraction of sp³-hybridized carbons (Fsp3) is 0.692. The summed E-state index contributed by atoms with van der Waals surface area (Å²) in [4.78, 5) is 3.96. The molecule has 0 saturated heterocycles. The highest BCUT2D eigenvalue weighted by Gasteiger charge is 2.03. The molecule has 0 saturated carbocycles. The van der Waals surface area contributed by atoms with Gasteiger partial charge < -0.3 is 5.32 Å². The predicted octanol–water partition coefficient (Wildman–Crippen LogP) is 2.96. The van der Waals surface area contributed by atoms with Crippen LogP contribution < -0.4 is 5.32 Å². The first-order valence-corrected chi connectivity index (χ1v) is 7.20. The molecule has 0 unspecified atom stereocenters. The lowest BCUT2D eigenvalue weighted by atomic mass is 10.3. The van der Waals surface area contributed by atoms with Crippen molar-refractivity contribution in [2.45, 2.75) is 33.2 Å². The molecule has 0 atom stereocenters. The van der Waals surface area contributed by atoms with Crippen molar-refractivity contribution in [3.05, 3.63) is 22.4 Å². The molecule has 92 valence electrons. The minimum Gasteiger partial charge on any atom is -0.315 e. The normalized spacial score (nSPS) is 11.2. The van der Waals surface area contributed by atoms with Crippen LogP contribution in [0.2, 0.25) is 0 Å². The minimum absolute atomic E-state index is 1.10. The van der Waals surface area contributed by atoms with E-state index in [2.05, 4.69) is 41.6 Å². The summed E-state index contributed by atoms with van der Waals surface area (Å²) < 4.78 is 0. The van der Waals surface area contributed by atoms with Crippen LogP contribution in [0.4, 0.5) is 0 Å². The molecule has 1 heterocycles. The second kappa shape index (κ2) is 8.74. The van der Waals surface area contributed by atoms with Crippen LogP contribution >= 0.6 is 11.3 Å². The molecule has 0 bridgehead atoms. The second-order valence-corrected chi connectivity index (χ2v) is 5.08. The molecule has 1 aromatic rings. The molecule has 1 aromatic heterocycles. The van der Waals surface area contributed by atoms with Gasteiger partial charge in [-0.05, 0) is 31.0 Å². The summed E-state index contributed by atoms with van der Waals surface area (Å²) in [6.45, 7) is 10.1. The molecule has 0 aliphatic rings. The Kier molecular flexibility index (Phi) is 7.47. The Bertz CT molecular complexity index is 246. The number of hydrogen-bond acceptors (Lipinski definition) is 3. The summed E-state index contributed by atoms with van der Waals surface area (Å²) >= 11 is 1.85. The van der Waals surface area contributed by atoms with Crippen LogP contribution in [0.1, 0.15) is 31.6 Å². The molecule has 1 N–H and O–H groups in total. The van der Waals surface area contributed by atoms with E-state index in [9.17, 15) is 0 Å². The zero-order valence-electron chi connectivity index (χ0n) is 10.5. The van der Waals surface area contributed by atoms with Gasteiger partial charge in [-0.15, -0.1) is 11.3 Å². The number of nitrogens with one attached hydrogen (secondary N) is 1. The molecule has 0 radical (unpaired) electrons. The second-order valence-electron chi connectivity index (χ2n) is 4.05. The van der Waals surface area contributed by atoms with E-state index in [1.54, 1.807) is 0 Å². The topological polar surface area (TPSA) is 15.3 Å². The third kappa shape index (κ3) is 5.64. The molecular weight excluding hydrogens is 216 g/mol. The Morgan fingerprint density at radius 1 is 1.31 bits per heavy atom. The van der Waals surface area contributed by atoms with E-state index in [1.165, 1.54) is 17.7 Å². The summed E-state index contributed by atoms with van der Waals surface area (Å²) in [5, 5.41) is 5.65. The van der Waals surface area contributed by atoms with Gasteiger partial charge in [0.1, 0.15) is 0 Å². The SMILES string of the molecule is CCCCNCCN(CC)Cc1cccs1. The predicted molar refractivity (Wildman–Crippen MR) is 73.0 cm³/mol. The summed E-state index contributed by atoms with van der Waals surface area (Å²) in [7, 11) is 0. The number of hydrogen-bond donors (Lipinski definition) is 1. The smallest absolute Gasteiger partial charge is 0.0328 e. The number of rotatable bonds is 9. The van der Waals surface area contributed by atoms with Crippen molar-refractivity contribution in [3.63, 3.8) is 0 Å². The van der Waals surface area contributed by atoms with Crippen molar-refractivity contribution in [1.29, 1.82) is 0 Å². The summed E-state index contributed by atoms with van der Waals surface area (Å²) in [6.07, 6.45) is 2.57.